The van der Waals surface area contributed by atoms with Gasteiger partial charge < -0.3 is 10.1 Å². The van der Waals surface area contributed by atoms with Crippen molar-refractivity contribution in [3.05, 3.63) is 95.3 Å². The number of rotatable bonds is 6. The Kier molecular flexibility index (Phi) is 5.93. The average molecular weight is 423 g/mol. The fraction of sp³-hybridized carbons (Fsp3) is 0.167. The third-order valence-corrected chi connectivity index (χ3v) is 5.35. The highest BCUT2D eigenvalue weighted by atomic mass is 19.3. The van der Waals surface area contributed by atoms with Crippen molar-refractivity contribution >= 4 is 12.1 Å². The largest absolute Gasteiger partial charge is 0.449 e. The van der Waals surface area contributed by atoms with Gasteiger partial charge in [-0.15, -0.1) is 0 Å². The van der Waals surface area contributed by atoms with E-state index in [1.54, 1.807) is 0 Å². The predicted molar refractivity (Wildman–Crippen MR) is 109 cm³/mol. The van der Waals surface area contributed by atoms with Crippen LogP contribution in [0.1, 0.15) is 22.6 Å². The molecule has 5 nitrogen and oxygen atoms in total. The zero-order valence-corrected chi connectivity index (χ0v) is 16.4. The fourth-order valence-corrected chi connectivity index (χ4v) is 3.89. The first-order valence-electron chi connectivity index (χ1n) is 9.75. The summed E-state index contributed by atoms with van der Waals surface area (Å²) in [7, 11) is 0. The van der Waals surface area contributed by atoms with Crippen LogP contribution in [0.3, 0.4) is 0 Å². The van der Waals surface area contributed by atoms with Gasteiger partial charge in [-0.3, -0.25) is 4.94 Å². The summed E-state index contributed by atoms with van der Waals surface area (Å²) in [5.74, 6) is -1.86. The molecule has 4 rings (SSSR count). The van der Waals surface area contributed by atoms with Crippen LogP contribution in [0, 0.1) is 5.82 Å². The lowest BCUT2D eigenvalue weighted by Crippen LogP contribution is -2.43. The fourth-order valence-electron chi connectivity index (χ4n) is 3.89. The predicted octanol–water partition coefficient (Wildman–Crippen LogP) is 4.70. The summed E-state index contributed by atoms with van der Waals surface area (Å²) in [5.41, 5.74) is 4.78. The number of hydrogen-bond donors (Lipinski definition) is 1. The van der Waals surface area contributed by atoms with E-state index in [1.807, 2.05) is 48.5 Å². The van der Waals surface area contributed by atoms with E-state index in [2.05, 4.69) is 10.3 Å². The Hall–Kier alpha value is -3.74. The van der Waals surface area contributed by atoms with Crippen LogP contribution in [-0.2, 0) is 20.9 Å². The number of ether oxygens (including phenoxy) is 1. The summed E-state index contributed by atoms with van der Waals surface area (Å²) in [5, 5.41) is 2.33. The Bertz CT molecular complexity index is 1060. The summed E-state index contributed by atoms with van der Waals surface area (Å²) in [6.45, 7) is 0.0494. The Morgan fingerprint density at radius 1 is 0.903 bits per heavy atom. The second-order valence-corrected chi connectivity index (χ2v) is 7.25. The normalized spacial score (nSPS) is 13.1. The van der Waals surface area contributed by atoms with Crippen LogP contribution < -0.4 is 5.32 Å². The Morgan fingerprint density at radius 3 is 2.06 bits per heavy atom. The smallest absolute Gasteiger partial charge is 0.407 e. The van der Waals surface area contributed by atoms with Crippen LogP contribution in [0.2, 0.25) is 0 Å². The minimum atomic E-state index is -1.31. The summed E-state index contributed by atoms with van der Waals surface area (Å²) in [6.07, 6.45) is -0.952. The van der Waals surface area contributed by atoms with E-state index >= 15 is 0 Å². The van der Waals surface area contributed by atoms with Gasteiger partial charge in [-0.25, -0.2) is 14.0 Å². The number of benzene rings is 3. The monoisotopic (exact) mass is 423 g/mol. The SMILES string of the molecule is O=C(N[C@@H](Cc1ccc(F)cc1)C(=O)OF)OCC1c2ccccc2-c2ccccc21. The second kappa shape index (κ2) is 8.95. The van der Waals surface area contributed by atoms with E-state index in [4.69, 9.17) is 4.74 Å². The summed E-state index contributed by atoms with van der Waals surface area (Å²) in [6, 6.07) is 19.7. The molecule has 1 aliphatic rings. The van der Waals surface area contributed by atoms with Gasteiger partial charge >= 0.3 is 12.1 Å². The van der Waals surface area contributed by atoms with Crippen molar-refractivity contribution in [2.24, 2.45) is 0 Å². The lowest BCUT2D eigenvalue weighted by Gasteiger charge is -2.17. The van der Waals surface area contributed by atoms with E-state index in [9.17, 15) is 18.5 Å². The maximum absolute atomic E-state index is 13.1. The zero-order valence-electron chi connectivity index (χ0n) is 16.4. The molecule has 0 fully saturated rings. The molecule has 1 atom stereocenters. The van der Waals surface area contributed by atoms with Crippen LogP contribution in [0.15, 0.2) is 72.8 Å². The molecular formula is C24H19F2NO4. The van der Waals surface area contributed by atoms with Crippen LogP contribution in [-0.4, -0.2) is 24.7 Å². The quantitative estimate of drug-likeness (QED) is 0.624. The molecule has 0 spiro atoms. The Balaban J connectivity index is 1.44. The number of hydrogen-bond acceptors (Lipinski definition) is 4. The van der Waals surface area contributed by atoms with Gasteiger partial charge in [0.25, 0.3) is 0 Å². The lowest BCUT2D eigenvalue weighted by atomic mass is 9.98. The Morgan fingerprint density at radius 2 is 1.48 bits per heavy atom. The molecule has 0 heterocycles. The molecule has 0 bridgehead atoms. The molecule has 0 aliphatic heterocycles. The van der Waals surface area contributed by atoms with E-state index in [0.717, 1.165) is 22.3 Å². The van der Waals surface area contributed by atoms with Crippen LogP contribution in [0.25, 0.3) is 11.1 Å². The second-order valence-electron chi connectivity index (χ2n) is 7.25. The molecule has 158 valence electrons. The molecule has 1 N–H and O–H groups in total. The van der Waals surface area contributed by atoms with Gasteiger partial charge in [0.15, 0.2) is 0 Å². The average Bonchev–Trinajstić information content (AvgIpc) is 3.12. The minimum absolute atomic E-state index is 0.0494. The summed E-state index contributed by atoms with van der Waals surface area (Å²) >= 11 is 0. The number of carbonyl (C=O) groups is 2. The Labute approximate surface area is 177 Å². The van der Waals surface area contributed by atoms with Crippen molar-refractivity contribution in [1.82, 2.24) is 5.32 Å². The molecule has 3 aromatic rings. The third kappa shape index (κ3) is 4.40. The molecule has 0 saturated carbocycles. The number of alkyl carbamates (subject to hydrolysis) is 1. The summed E-state index contributed by atoms with van der Waals surface area (Å²) < 4.78 is 31.0. The van der Waals surface area contributed by atoms with Crippen LogP contribution in [0.5, 0.6) is 0 Å². The highest BCUT2D eigenvalue weighted by molar-refractivity contribution is 5.82. The lowest BCUT2D eigenvalue weighted by molar-refractivity contribution is -0.186. The van der Waals surface area contributed by atoms with Crippen molar-refractivity contribution in [1.29, 1.82) is 0 Å². The summed E-state index contributed by atoms with van der Waals surface area (Å²) in [4.78, 5) is 27.4. The van der Waals surface area contributed by atoms with E-state index in [-0.39, 0.29) is 18.9 Å². The number of fused-ring (bicyclic) bond motifs is 3. The molecule has 1 amide bonds. The maximum Gasteiger partial charge on any atom is 0.407 e. The molecule has 0 radical (unpaired) electrons. The molecule has 1 aliphatic carbocycles. The van der Waals surface area contributed by atoms with Crippen LogP contribution >= 0.6 is 0 Å². The van der Waals surface area contributed by atoms with E-state index in [0.29, 0.717) is 5.56 Å². The van der Waals surface area contributed by atoms with Crippen LogP contribution in [0.4, 0.5) is 13.7 Å². The van der Waals surface area contributed by atoms with E-state index in [1.165, 1.54) is 24.3 Å². The number of amides is 1. The molecule has 3 aromatic carbocycles. The molecular weight excluding hydrogens is 404 g/mol. The minimum Gasteiger partial charge on any atom is -0.449 e. The highest BCUT2D eigenvalue weighted by Crippen LogP contribution is 2.44. The van der Waals surface area contributed by atoms with Crippen molar-refractivity contribution < 1.29 is 28.2 Å². The van der Waals surface area contributed by atoms with E-state index < -0.39 is 23.9 Å². The van der Waals surface area contributed by atoms with Gasteiger partial charge in [-0.1, -0.05) is 60.7 Å². The van der Waals surface area contributed by atoms with Gasteiger partial charge in [0.05, 0.1) is 0 Å². The van der Waals surface area contributed by atoms with Gasteiger partial charge in [-0.05, 0) is 39.9 Å². The first-order valence-corrected chi connectivity index (χ1v) is 9.75. The third-order valence-electron chi connectivity index (χ3n) is 5.35. The number of nitrogens with one attached hydrogen (secondary N) is 1. The van der Waals surface area contributed by atoms with Crippen molar-refractivity contribution in [2.45, 2.75) is 18.4 Å². The van der Waals surface area contributed by atoms with Crippen molar-refractivity contribution in [2.75, 3.05) is 6.61 Å². The maximum atomic E-state index is 13.1. The molecule has 31 heavy (non-hydrogen) atoms. The van der Waals surface area contributed by atoms with Gasteiger partial charge in [0.2, 0.25) is 0 Å². The topological polar surface area (TPSA) is 64.6 Å². The van der Waals surface area contributed by atoms with Gasteiger partial charge in [0, 0.05) is 16.9 Å². The van der Waals surface area contributed by atoms with Crippen molar-refractivity contribution in [3.8, 4) is 11.1 Å². The number of halogens is 2. The first-order chi connectivity index (χ1) is 15.1. The molecule has 0 aromatic heterocycles. The standard InChI is InChI=1S/C24H19F2NO4/c25-16-11-9-15(10-12-16)13-22(23(28)31-26)27-24(29)30-14-21-19-7-3-1-5-17(19)18-6-2-4-8-20(18)21/h1-12,21-22H,13-14H2,(H,27,29)/t22-/m0/s1. The highest BCUT2D eigenvalue weighted by Gasteiger charge is 2.30. The van der Waals surface area contributed by atoms with Crippen molar-refractivity contribution in [3.63, 3.8) is 0 Å². The number of carbonyl (C=O) groups excluding carboxylic acids is 2. The first kappa shape index (κ1) is 20.5. The van der Waals surface area contributed by atoms with Gasteiger partial charge in [0.1, 0.15) is 18.5 Å². The zero-order chi connectivity index (χ0) is 21.8. The molecule has 0 unspecified atom stereocenters. The van der Waals surface area contributed by atoms with Gasteiger partial charge in [-0.2, -0.15) is 0 Å². The molecule has 7 heteroatoms. The molecule has 0 saturated heterocycles.